The average molecular weight is 168 g/mol. The predicted octanol–water partition coefficient (Wildman–Crippen LogP) is 0.544. The molecule has 0 aliphatic rings. The third kappa shape index (κ3) is 1.58. The fourth-order valence-corrected chi connectivity index (χ4v) is 0.904. The van der Waals surface area contributed by atoms with E-state index in [1.807, 2.05) is 0 Å². The Hall–Kier alpha value is -1.46. The molecule has 0 saturated heterocycles. The Morgan fingerprint density at radius 3 is 2.50 bits per heavy atom. The Balaban J connectivity index is 3.17. The zero-order chi connectivity index (χ0) is 9.14. The first kappa shape index (κ1) is 8.63. The number of hydrogen-bond acceptors (Lipinski definition) is 4. The molecule has 1 rings (SSSR count). The molecule has 0 fully saturated rings. The van der Waals surface area contributed by atoms with Crippen LogP contribution in [0.25, 0.3) is 0 Å². The van der Waals surface area contributed by atoms with Crippen LogP contribution in [0.4, 0.5) is 5.69 Å². The van der Waals surface area contributed by atoms with Crippen molar-refractivity contribution in [3.8, 4) is 0 Å². The Morgan fingerprint density at radius 2 is 2.08 bits per heavy atom. The van der Waals surface area contributed by atoms with Crippen LogP contribution in [-0.2, 0) is 0 Å². The minimum absolute atomic E-state index is 0.127. The molecule has 0 aliphatic carbocycles. The summed E-state index contributed by atoms with van der Waals surface area (Å²) < 4.78 is 0. The van der Waals surface area contributed by atoms with Gasteiger partial charge in [-0.3, -0.25) is 10.1 Å². The maximum atomic E-state index is 10.4. The van der Waals surface area contributed by atoms with Gasteiger partial charge < -0.3 is 10.8 Å². The number of aliphatic hydroxyl groups excluding tert-OH is 1. The van der Waals surface area contributed by atoms with Gasteiger partial charge in [0.25, 0.3) is 5.69 Å². The molecule has 0 amide bonds. The number of nitrogens with zero attached hydrogens (tertiary/aromatic N) is 1. The van der Waals surface area contributed by atoms with Crippen molar-refractivity contribution in [2.45, 2.75) is 6.23 Å². The van der Waals surface area contributed by atoms with Crippen LogP contribution in [0.5, 0.6) is 0 Å². The Kier molecular flexibility index (Phi) is 2.37. The Bertz CT molecular complexity index is 298. The van der Waals surface area contributed by atoms with Crippen molar-refractivity contribution in [3.05, 3.63) is 39.9 Å². The molecule has 0 saturated carbocycles. The molecule has 12 heavy (non-hydrogen) atoms. The lowest BCUT2D eigenvalue weighted by Gasteiger charge is -2.03. The van der Waals surface area contributed by atoms with Crippen molar-refractivity contribution in [1.29, 1.82) is 0 Å². The molecule has 0 aromatic heterocycles. The van der Waals surface area contributed by atoms with E-state index in [0.717, 1.165) is 0 Å². The van der Waals surface area contributed by atoms with Crippen molar-refractivity contribution in [3.63, 3.8) is 0 Å². The van der Waals surface area contributed by atoms with E-state index in [1.54, 1.807) is 6.07 Å². The van der Waals surface area contributed by atoms with Gasteiger partial charge >= 0.3 is 0 Å². The first-order valence-corrected chi connectivity index (χ1v) is 3.30. The summed E-state index contributed by atoms with van der Waals surface area (Å²) in [5.41, 5.74) is 5.07. The van der Waals surface area contributed by atoms with Gasteiger partial charge in [0.2, 0.25) is 0 Å². The summed E-state index contributed by atoms with van der Waals surface area (Å²) in [5, 5.41) is 19.3. The molecule has 0 unspecified atom stereocenters. The number of nitro benzene ring substituents is 1. The first-order chi connectivity index (χ1) is 5.63. The van der Waals surface area contributed by atoms with Crippen LogP contribution in [0.2, 0.25) is 0 Å². The first-order valence-electron chi connectivity index (χ1n) is 3.30. The number of rotatable bonds is 2. The molecule has 1 atom stereocenters. The number of benzene rings is 1. The van der Waals surface area contributed by atoms with Gasteiger partial charge in [0, 0.05) is 6.07 Å². The molecule has 5 nitrogen and oxygen atoms in total. The molecule has 0 radical (unpaired) electrons. The second-order valence-electron chi connectivity index (χ2n) is 2.26. The second-order valence-corrected chi connectivity index (χ2v) is 2.26. The average Bonchev–Trinajstić information content (AvgIpc) is 2.04. The van der Waals surface area contributed by atoms with Gasteiger partial charge in [0.1, 0.15) is 6.23 Å². The SMILES string of the molecule is N[C@@H](O)c1ccccc1[N+](=O)[O-]. The third-order valence-corrected chi connectivity index (χ3v) is 1.45. The molecule has 0 spiro atoms. The largest absolute Gasteiger partial charge is 0.374 e. The number of nitrogens with two attached hydrogens (primary N) is 1. The van der Waals surface area contributed by atoms with Gasteiger partial charge in [-0.1, -0.05) is 12.1 Å². The molecule has 1 aromatic rings. The summed E-state index contributed by atoms with van der Waals surface area (Å²) >= 11 is 0. The van der Waals surface area contributed by atoms with Crippen LogP contribution in [0, 0.1) is 10.1 Å². The smallest absolute Gasteiger partial charge is 0.276 e. The van der Waals surface area contributed by atoms with E-state index in [4.69, 9.17) is 10.8 Å². The Labute approximate surface area is 68.6 Å². The highest BCUT2D eigenvalue weighted by Gasteiger charge is 2.15. The minimum Gasteiger partial charge on any atom is -0.374 e. The molecule has 0 aliphatic heterocycles. The standard InChI is InChI=1S/C7H8N2O3/c8-7(10)5-3-1-2-4-6(5)9(11)12/h1-4,7,10H,8H2/t7-/m0/s1. The van der Waals surface area contributed by atoms with Crippen molar-refractivity contribution >= 4 is 5.69 Å². The van der Waals surface area contributed by atoms with Crippen LogP contribution in [0.15, 0.2) is 24.3 Å². The number of hydrogen-bond donors (Lipinski definition) is 2. The lowest BCUT2D eigenvalue weighted by molar-refractivity contribution is -0.386. The lowest BCUT2D eigenvalue weighted by Crippen LogP contribution is -2.10. The van der Waals surface area contributed by atoms with E-state index in [9.17, 15) is 10.1 Å². The Morgan fingerprint density at radius 1 is 1.50 bits per heavy atom. The fraction of sp³-hybridized carbons (Fsp3) is 0.143. The van der Waals surface area contributed by atoms with E-state index in [1.165, 1.54) is 18.2 Å². The quantitative estimate of drug-likeness (QED) is 0.383. The van der Waals surface area contributed by atoms with Gasteiger partial charge in [0.15, 0.2) is 0 Å². The number of nitro groups is 1. The van der Waals surface area contributed by atoms with Crippen molar-refractivity contribution in [2.75, 3.05) is 0 Å². The van der Waals surface area contributed by atoms with Crippen LogP contribution >= 0.6 is 0 Å². The maximum Gasteiger partial charge on any atom is 0.276 e. The topological polar surface area (TPSA) is 89.4 Å². The normalized spacial score (nSPS) is 12.5. The summed E-state index contributed by atoms with van der Waals surface area (Å²) in [6.07, 6.45) is -1.30. The van der Waals surface area contributed by atoms with Crippen molar-refractivity contribution < 1.29 is 10.0 Å². The summed E-state index contributed by atoms with van der Waals surface area (Å²) in [4.78, 5) is 9.79. The van der Waals surface area contributed by atoms with E-state index in [2.05, 4.69) is 0 Å². The lowest BCUT2D eigenvalue weighted by atomic mass is 10.1. The third-order valence-electron chi connectivity index (χ3n) is 1.45. The zero-order valence-electron chi connectivity index (χ0n) is 6.18. The highest BCUT2D eigenvalue weighted by molar-refractivity contribution is 5.40. The van der Waals surface area contributed by atoms with E-state index >= 15 is 0 Å². The maximum absolute atomic E-state index is 10.4. The summed E-state index contributed by atoms with van der Waals surface area (Å²) in [6.45, 7) is 0. The van der Waals surface area contributed by atoms with Crippen molar-refractivity contribution in [2.24, 2.45) is 5.73 Å². The molecular formula is C7H8N2O3. The van der Waals surface area contributed by atoms with Gasteiger partial charge in [-0.2, -0.15) is 0 Å². The predicted molar refractivity (Wildman–Crippen MR) is 42.2 cm³/mol. The molecular weight excluding hydrogens is 160 g/mol. The molecule has 0 bridgehead atoms. The van der Waals surface area contributed by atoms with Gasteiger partial charge in [0.05, 0.1) is 10.5 Å². The van der Waals surface area contributed by atoms with Crippen molar-refractivity contribution in [1.82, 2.24) is 0 Å². The second kappa shape index (κ2) is 3.29. The summed E-state index contributed by atoms with van der Waals surface area (Å²) in [5.74, 6) is 0. The molecule has 64 valence electrons. The highest BCUT2D eigenvalue weighted by atomic mass is 16.6. The zero-order valence-corrected chi connectivity index (χ0v) is 6.18. The van der Waals surface area contributed by atoms with Gasteiger partial charge in [-0.15, -0.1) is 0 Å². The van der Waals surface area contributed by atoms with Crippen LogP contribution in [0.1, 0.15) is 11.8 Å². The molecule has 3 N–H and O–H groups in total. The fourth-order valence-electron chi connectivity index (χ4n) is 0.904. The monoisotopic (exact) mass is 168 g/mol. The highest BCUT2D eigenvalue weighted by Crippen LogP contribution is 2.21. The molecule has 0 heterocycles. The van der Waals surface area contributed by atoms with Crippen LogP contribution < -0.4 is 5.73 Å². The number of para-hydroxylation sites is 1. The van der Waals surface area contributed by atoms with Gasteiger partial charge in [-0.05, 0) is 6.07 Å². The molecule has 5 heteroatoms. The minimum atomic E-state index is -1.30. The summed E-state index contributed by atoms with van der Waals surface area (Å²) in [7, 11) is 0. The van der Waals surface area contributed by atoms with Gasteiger partial charge in [-0.25, -0.2) is 0 Å². The van der Waals surface area contributed by atoms with E-state index in [0.29, 0.717) is 0 Å². The number of aliphatic hydroxyl groups is 1. The molecule has 1 aromatic carbocycles. The van der Waals surface area contributed by atoms with Crippen LogP contribution in [0.3, 0.4) is 0 Å². The van der Waals surface area contributed by atoms with Crippen LogP contribution in [-0.4, -0.2) is 10.0 Å². The summed E-state index contributed by atoms with van der Waals surface area (Å²) in [6, 6.07) is 5.82. The van der Waals surface area contributed by atoms with E-state index < -0.39 is 11.2 Å². The van der Waals surface area contributed by atoms with E-state index in [-0.39, 0.29) is 11.3 Å².